The Balaban J connectivity index is 1.78. The van der Waals surface area contributed by atoms with E-state index in [1.807, 2.05) is 6.07 Å². The average molecular weight is 454 g/mol. The fourth-order valence-electron chi connectivity index (χ4n) is 2.96. The number of para-hydroxylation sites is 1. The monoisotopic (exact) mass is 453 g/mol. The van der Waals surface area contributed by atoms with Gasteiger partial charge in [0.15, 0.2) is 0 Å². The molecule has 0 radical (unpaired) electrons. The fraction of sp³-hybridized carbons (Fsp3) is 0.130. The van der Waals surface area contributed by atoms with Gasteiger partial charge in [-0.3, -0.25) is 14.3 Å². The number of aryl methyl sites for hydroxylation is 1. The number of rotatable bonds is 7. The van der Waals surface area contributed by atoms with Gasteiger partial charge in [0, 0.05) is 18.2 Å². The molecule has 2 amide bonds. The van der Waals surface area contributed by atoms with Crippen molar-refractivity contribution in [2.24, 2.45) is 0 Å². The number of hydrogen-bond donors (Lipinski definition) is 3. The summed E-state index contributed by atoms with van der Waals surface area (Å²) in [5.74, 6) is -0.295. The number of hydrogen-bond acceptors (Lipinski definition) is 5. The topological polar surface area (TPSA) is 114 Å². The predicted molar refractivity (Wildman–Crippen MR) is 124 cm³/mol. The number of methoxy groups -OCH3 is 1. The standard InChI is InChI=1S/C23H23N3O5S/c1-15-6-4-5-7-20(15)26-32(29,30)19-11-8-17(9-12-19)23(28)25-21-14-18(24-16(2)27)10-13-22(21)31-3/h4-14,26H,1-3H3,(H,24,27)(H,25,28). The molecule has 3 N–H and O–H groups in total. The number of amides is 2. The summed E-state index contributed by atoms with van der Waals surface area (Å²) in [5, 5.41) is 5.35. The van der Waals surface area contributed by atoms with Gasteiger partial charge in [0.2, 0.25) is 5.91 Å². The van der Waals surface area contributed by atoms with Crippen LogP contribution in [0.1, 0.15) is 22.8 Å². The third kappa shape index (κ3) is 5.44. The highest BCUT2D eigenvalue weighted by molar-refractivity contribution is 7.92. The Labute approximate surface area is 186 Å². The lowest BCUT2D eigenvalue weighted by molar-refractivity contribution is -0.114. The highest BCUT2D eigenvalue weighted by Crippen LogP contribution is 2.28. The van der Waals surface area contributed by atoms with Crippen molar-refractivity contribution in [3.63, 3.8) is 0 Å². The third-order valence-corrected chi connectivity index (χ3v) is 5.97. The van der Waals surface area contributed by atoms with Crippen molar-refractivity contribution >= 4 is 38.9 Å². The van der Waals surface area contributed by atoms with Crippen molar-refractivity contribution in [2.75, 3.05) is 22.5 Å². The van der Waals surface area contributed by atoms with Crippen molar-refractivity contribution in [1.29, 1.82) is 0 Å². The van der Waals surface area contributed by atoms with Crippen LogP contribution in [-0.4, -0.2) is 27.3 Å². The summed E-state index contributed by atoms with van der Waals surface area (Å²) in [4.78, 5) is 24.0. The Morgan fingerprint density at radius 3 is 2.19 bits per heavy atom. The number of benzene rings is 3. The lowest BCUT2D eigenvalue weighted by atomic mass is 10.2. The maximum Gasteiger partial charge on any atom is 0.261 e. The summed E-state index contributed by atoms with van der Waals surface area (Å²) in [5.41, 5.74) is 2.40. The van der Waals surface area contributed by atoms with Crippen LogP contribution < -0.4 is 20.1 Å². The number of carbonyl (C=O) groups excluding carboxylic acids is 2. The molecule has 0 fully saturated rings. The molecule has 0 aromatic heterocycles. The summed E-state index contributed by atoms with van der Waals surface area (Å²) in [6.45, 7) is 3.19. The van der Waals surface area contributed by atoms with Gasteiger partial charge in [0.05, 0.1) is 23.4 Å². The SMILES string of the molecule is COc1ccc(NC(C)=O)cc1NC(=O)c1ccc(S(=O)(=O)Nc2ccccc2C)cc1. The molecule has 0 unspecified atom stereocenters. The van der Waals surface area contributed by atoms with Crippen LogP contribution >= 0.6 is 0 Å². The molecule has 0 aliphatic rings. The minimum absolute atomic E-state index is 0.0301. The second-order valence-electron chi connectivity index (χ2n) is 7.00. The number of anilines is 3. The zero-order valence-electron chi connectivity index (χ0n) is 17.8. The van der Waals surface area contributed by atoms with Crippen molar-refractivity contribution in [2.45, 2.75) is 18.7 Å². The summed E-state index contributed by atoms with van der Waals surface area (Å²) in [6.07, 6.45) is 0. The zero-order chi connectivity index (χ0) is 23.3. The molecule has 0 aliphatic heterocycles. The Morgan fingerprint density at radius 1 is 0.875 bits per heavy atom. The Kier molecular flexibility index (Phi) is 6.79. The molecule has 3 rings (SSSR count). The van der Waals surface area contributed by atoms with Crippen molar-refractivity contribution in [1.82, 2.24) is 0 Å². The molecule has 0 bridgehead atoms. The molecule has 0 saturated carbocycles. The largest absolute Gasteiger partial charge is 0.495 e. The number of nitrogens with one attached hydrogen (secondary N) is 3. The summed E-state index contributed by atoms with van der Waals surface area (Å²) in [6, 6.07) is 17.5. The Morgan fingerprint density at radius 2 is 1.56 bits per heavy atom. The number of sulfonamides is 1. The lowest BCUT2D eigenvalue weighted by Gasteiger charge is -2.13. The van der Waals surface area contributed by atoms with Gasteiger partial charge in [-0.25, -0.2) is 8.42 Å². The van der Waals surface area contributed by atoms with Gasteiger partial charge in [-0.1, -0.05) is 18.2 Å². The van der Waals surface area contributed by atoms with Crippen LogP contribution in [0, 0.1) is 6.92 Å². The first-order valence-corrected chi connectivity index (χ1v) is 11.1. The van der Waals surface area contributed by atoms with Crippen LogP contribution in [0.15, 0.2) is 71.6 Å². The van der Waals surface area contributed by atoms with Gasteiger partial charge in [-0.05, 0) is 61.0 Å². The molecule has 0 spiro atoms. The normalized spacial score (nSPS) is 10.8. The average Bonchev–Trinajstić information content (AvgIpc) is 2.75. The molecule has 166 valence electrons. The van der Waals surface area contributed by atoms with E-state index in [-0.39, 0.29) is 16.4 Å². The first kappa shape index (κ1) is 22.8. The van der Waals surface area contributed by atoms with E-state index in [2.05, 4.69) is 15.4 Å². The van der Waals surface area contributed by atoms with E-state index in [9.17, 15) is 18.0 Å². The van der Waals surface area contributed by atoms with Crippen molar-refractivity contribution in [3.8, 4) is 5.75 Å². The molecule has 32 heavy (non-hydrogen) atoms. The van der Waals surface area contributed by atoms with E-state index in [4.69, 9.17) is 4.74 Å². The molecule has 0 aliphatic carbocycles. The van der Waals surface area contributed by atoms with E-state index in [0.717, 1.165) is 5.56 Å². The van der Waals surface area contributed by atoms with Crippen LogP contribution in [0.5, 0.6) is 5.75 Å². The first-order chi connectivity index (χ1) is 15.2. The highest BCUT2D eigenvalue weighted by Gasteiger charge is 2.17. The van der Waals surface area contributed by atoms with Gasteiger partial charge in [0.25, 0.3) is 15.9 Å². The molecule has 3 aromatic carbocycles. The van der Waals surface area contributed by atoms with E-state index >= 15 is 0 Å². The number of carbonyl (C=O) groups is 2. The van der Waals surface area contributed by atoms with Crippen LogP contribution in [0.3, 0.4) is 0 Å². The minimum atomic E-state index is -3.81. The molecular weight excluding hydrogens is 430 g/mol. The number of ether oxygens (including phenoxy) is 1. The minimum Gasteiger partial charge on any atom is -0.495 e. The molecule has 0 saturated heterocycles. The van der Waals surface area contributed by atoms with Crippen molar-refractivity contribution in [3.05, 3.63) is 77.9 Å². The smallest absolute Gasteiger partial charge is 0.261 e. The van der Waals surface area contributed by atoms with Gasteiger partial charge in [-0.15, -0.1) is 0 Å². The highest BCUT2D eigenvalue weighted by atomic mass is 32.2. The predicted octanol–water partition coefficient (Wildman–Crippen LogP) is 4.02. The van der Waals surface area contributed by atoms with E-state index in [1.165, 1.54) is 38.3 Å². The van der Waals surface area contributed by atoms with Gasteiger partial charge >= 0.3 is 0 Å². The summed E-state index contributed by atoms with van der Waals surface area (Å²) in [7, 11) is -2.34. The van der Waals surface area contributed by atoms with Crippen LogP contribution in [0.25, 0.3) is 0 Å². The zero-order valence-corrected chi connectivity index (χ0v) is 18.6. The van der Waals surface area contributed by atoms with Crippen LogP contribution in [0.4, 0.5) is 17.1 Å². The Hall–Kier alpha value is -3.85. The second-order valence-corrected chi connectivity index (χ2v) is 8.68. The van der Waals surface area contributed by atoms with Gasteiger partial charge in [0.1, 0.15) is 5.75 Å². The Bertz CT molecular complexity index is 1250. The molecule has 0 atom stereocenters. The van der Waals surface area contributed by atoms with Gasteiger partial charge in [-0.2, -0.15) is 0 Å². The quantitative estimate of drug-likeness (QED) is 0.500. The fourth-order valence-corrected chi connectivity index (χ4v) is 4.09. The second kappa shape index (κ2) is 9.52. The van der Waals surface area contributed by atoms with E-state index in [0.29, 0.717) is 22.8 Å². The molecular formula is C23H23N3O5S. The van der Waals surface area contributed by atoms with Crippen LogP contribution in [-0.2, 0) is 14.8 Å². The van der Waals surface area contributed by atoms with Gasteiger partial charge < -0.3 is 15.4 Å². The van der Waals surface area contributed by atoms with E-state index < -0.39 is 15.9 Å². The molecule has 8 nitrogen and oxygen atoms in total. The molecule has 3 aromatic rings. The maximum absolute atomic E-state index is 12.7. The lowest BCUT2D eigenvalue weighted by Crippen LogP contribution is -2.15. The summed E-state index contributed by atoms with van der Waals surface area (Å²) < 4.78 is 33.2. The van der Waals surface area contributed by atoms with Crippen LogP contribution in [0.2, 0.25) is 0 Å². The summed E-state index contributed by atoms with van der Waals surface area (Å²) >= 11 is 0. The van der Waals surface area contributed by atoms with Crippen molar-refractivity contribution < 1.29 is 22.7 Å². The van der Waals surface area contributed by atoms with E-state index in [1.54, 1.807) is 43.3 Å². The molecule has 9 heteroatoms. The first-order valence-electron chi connectivity index (χ1n) is 9.65. The maximum atomic E-state index is 12.7. The molecule has 0 heterocycles. The third-order valence-electron chi connectivity index (χ3n) is 4.58.